The molecule has 0 aromatic carbocycles. The van der Waals surface area contributed by atoms with Gasteiger partial charge in [-0.15, -0.1) is 0 Å². The molecule has 1 rings (SSSR count). The molecule has 1 heterocycles. The van der Waals surface area contributed by atoms with Crippen molar-refractivity contribution in [2.24, 2.45) is 0 Å². The van der Waals surface area contributed by atoms with E-state index in [1.807, 2.05) is 0 Å². The van der Waals surface area contributed by atoms with Gasteiger partial charge in [0.1, 0.15) is 6.61 Å². The Kier molecular flexibility index (Phi) is 5.35. The monoisotopic (exact) mass is 240 g/mol. The quantitative estimate of drug-likeness (QED) is 0.715. The molecule has 0 aliphatic heterocycles. The lowest BCUT2D eigenvalue weighted by molar-refractivity contribution is 0.139. The summed E-state index contributed by atoms with van der Waals surface area (Å²) in [6, 6.07) is 5.51. The predicted octanol–water partition coefficient (Wildman–Crippen LogP) is 2.72. The van der Waals surface area contributed by atoms with Crippen molar-refractivity contribution >= 4 is 0 Å². The van der Waals surface area contributed by atoms with E-state index in [0.717, 1.165) is 6.54 Å². The number of halogens is 1. The van der Waals surface area contributed by atoms with Crippen molar-refractivity contribution in [1.82, 2.24) is 9.88 Å². The van der Waals surface area contributed by atoms with Gasteiger partial charge in [0.2, 0.25) is 11.8 Å². The molecule has 0 spiro atoms. The van der Waals surface area contributed by atoms with Crippen molar-refractivity contribution in [3.05, 3.63) is 24.1 Å². The van der Waals surface area contributed by atoms with E-state index in [9.17, 15) is 4.39 Å². The Labute approximate surface area is 103 Å². The molecule has 0 unspecified atom stereocenters. The molecule has 0 amide bonds. The van der Waals surface area contributed by atoms with E-state index in [0.29, 0.717) is 24.6 Å². The number of hydrogen-bond donors (Lipinski definition) is 0. The first-order valence-electron chi connectivity index (χ1n) is 6.02. The number of rotatable bonds is 6. The van der Waals surface area contributed by atoms with Crippen molar-refractivity contribution in [3.8, 4) is 5.88 Å². The molecule has 4 heteroatoms. The van der Waals surface area contributed by atoms with Gasteiger partial charge in [-0.2, -0.15) is 9.37 Å². The van der Waals surface area contributed by atoms with E-state index in [-0.39, 0.29) is 0 Å². The van der Waals surface area contributed by atoms with Gasteiger partial charge < -0.3 is 4.74 Å². The molecule has 0 bridgehead atoms. The second-order valence-corrected chi connectivity index (χ2v) is 4.57. The molecular formula is C13H21FN2O. The molecule has 96 valence electrons. The van der Waals surface area contributed by atoms with Crippen LogP contribution in [0.1, 0.15) is 27.7 Å². The standard InChI is InChI=1S/C13H21FN2O/c1-10(2)16(11(3)4)8-9-17-13-7-5-6-12(14)15-13/h5-7,10-11H,8-9H2,1-4H3. The molecule has 1 aromatic heterocycles. The maximum atomic E-state index is 12.8. The Balaban J connectivity index is 2.41. The molecule has 0 saturated heterocycles. The molecule has 0 N–H and O–H groups in total. The summed E-state index contributed by atoms with van der Waals surface area (Å²) < 4.78 is 18.2. The minimum atomic E-state index is -0.507. The first kappa shape index (κ1) is 13.9. The van der Waals surface area contributed by atoms with Crippen LogP contribution >= 0.6 is 0 Å². The van der Waals surface area contributed by atoms with Crippen LogP contribution in [0.2, 0.25) is 0 Å². The Bertz CT molecular complexity index is 334. The summed E-state index contributed by atoms with van der Waals surface area (Å²) in [5.41, 5.74) is 0. The first-order valence-corrected chi connectivity index (χ1v) is 6.02. The summed E-state index contributed by atoms with van der Waals surface area (Å²) in [4.78, 5) is 5.97. The molecule has 0 aliphatic rings. The minimum absolute atomic E-state index is 0.345. The third kappa shape index (κ3) is 4.69. The first-order chi connectivity index (χ1) is 8.00. The van der Waals surface area contributed by atoms with Crippen molar-refractivity contribution in [2.75, 3.05) is 13.2 Å². The van der Waals surface area contributed by atoms with Crippen LogP contribution in [0, 0.1) is 5.95 Å². The normalized spacial score (nSPS) is 11.5. The molecule has 0 radical (unpaired) electrons. The fourth-order valence-corrected chi connectivity index (χ4v) is 1.84. The highest BCUT2D eigenvalue weighted by Gasteiger charge is 2.12. The lowest BCUT2D eigenvalue weighted by atomic mass is 10.2. The van der Waals surface area contributed by atoms with Crippen LogP contribution in [0.4, 0.5) is 4.39 Å². The summed E-state index contributed by atoms with van der Waals surface area (Å²) in [6.45, 7) is 9.95. The zero-order chi connectivity index (χ0) is 12.8. The number of pyridine rings is 1. The van der Waals surface area contributed by atoms with Crippen LogP contribution in [0.15, 0.2) is 18.2 Å². The van der Waals surface area contributed by atoms with Gasteiger partial charge in [0.15, 0.2) is 0 Å². The lowest BCUT2D eigenvalue weighted by Crippen LogP contribution is -2.39. The molecule has 0 fully saturated rings. The fraction of sp³-hybridized carbons (Fsp3) is 0.615. The maximum Gasteiger partial charge on any atom is 0.216 e. The number of aromatic nitrogens is 1. The third-order valence-electron chi connectivity index (χ3n) is 2.62. The summed E-state index contributed by atoms with van der Waals surface area (Å²) in [5, 5.41) is 0. The van der Waals surface area contributed by atoms with Gasteiger partial charge in [-0.25, -0.2) is 0 Å². The van der Waals surface area contributed by atoms with Crippen molar-refractivity contribution in [1.29, 1.82) is 0 Å². The number of ether oxygens (including phenoxy) is 1. The molecule has 3 nitrogen and oxygen atoms in total. The van der Waals surface area contributed by atoms with Gasteiger partial charge >= 0.3 is 0 Å². The van der Waals surface area contributed by atoms with E-state index in [4.69, 9.17) is 4.74 Å². The largest absolute Gasteiger partial charge is 0.476 e. The molecule has 1 aromatic rings. The topological polar surface area (TPSA) is 25.4 Å². The van der Waals surface area contributed by atoms with Crippen LogP contribution in [-0.4, -0.2) is 35.1 Å². The number of nitrogens with zero attached hydrogens (tertiary/aromatic N) is 2. The van der Waals surface area contributed by atoms with E-state index in [1.54, 1.807) is 12.1 Å². The van der Waals surface area contributed by atoms with E-state index < -0.39 is 5.95 Å². The molecule has 0 atom stereocenters. The summed E-state index contributed by atoms with van der Waals surface area (Å²) in [5.74, 6) is -0.162. The summed E-state index contributed by atoms with van der Waals surface area (Å²) in [6.07, 6.45) is 0. The smallest absolute Gasteiger partial charge is 0.216 e. The number of hydrogen-bond acceptors (Lipinski definition) is 3. The maximum absolute atomic E-state index is 12.8. The lowest BCUT2D eigenvalue weighted by Gasteiger charge is -2.30. The van der Waals surface area contributed by atoms with Crippen molar-refractivity contribution < 1.29 is 9.13 Å². The minimum Gasteiger partial charge on any atom is -0.476 e. The SMILES string of the molecule is CC(C)N(CCOc1cccc(F)n1)C(C)C. The van der Waals surface area contributed by atoms with Gasteiger partial charge in [0.25, 0.3) is 0 Å². The van der Waals surface area contributed by atoms with E-state index >= 15 is 0 Å². The Morgan fingerprint density at radius 1 is 1.24 bits per heavy atom. The molecule has 17 heavy (non-hydrogen) atoms. The van der Waals surface area contributed by atoms with Gasteiger partial charge in [-0.1, -0.05) is 6.07 Å². The average molecular weight is 240 g/mol. The van der Waals surface area contributed by atoms with E-state index in [1.165, 1.54) is 6.07 Å². The second kappa shape index (κ2) is 6.55. The third-order valence-corrected chi connectivity index (χ3v) is 2.62. The van der Waals surface area contributed by atoms with Crippen LogP contribution in [0.5, 0.6) is 5.88 Å². The van der Waals surface area contributed by atoms with Crippen LogP contribution in [0.25, 0.3) is 0 Å². The van der Waals surface area contributed by atoms with Crippen LogP contribution in [-0.2, 0) is 0 Å². The van der Waals surface area contributed by atoms with Gasteiger partial charge in [-0.3, -0.25) is 4.90 Å². The van der Waals surface area contributed by atoms with E-state index in [2.05, 4.69) is 37.6 Å². The van der Waals surface area contributed by atoms with Crippen LogP contribution < -0.4 is 4.74 Å². The molecule has 0 saturated carbocycles. The van der Waals surface area contributed by atoms with Gasteiger partial charge in [0.05, 0.1) is 0 Å². The molecule has 0 aliphatic carbocycles. The second-order valence-electron chi connectivity index (χ2n) is 4.57. The van der Waals surface area contributed by atoms with Gasteiger partial charge in [0, 0.05) is 24.7 Å². The summed E-state index contributed by atoms with van der Waals surface area (Å²) in [7, 11) is 0. The zero-order valence-electron chi connectivity index (χ0n) is 11.0. The highest BCUT2D eigenvalue weighted by Crippen LogP contribution is 2.08. The molecular weight excluding hydrogens is 219 g/mol. The Hall–Kier alpha value is -1.16. The Morgan fingerprint density at radius 3 is 2.41 bits per heavy atom. The summed E-state index contributed by atoms with van der Waals surface area (Å²) >= 11 is 0. The van der Waals surface area contributed by atoms with Crippen molar-refractivity contribution in [2.45, 2.75) is 39.8 Å². The zero-order valence-corrected chi connectivity index (χ0v) is 11.0. The average Bonchev–Trinajstić information content (AvgIpc) is 2.23. The predicted molar refractivity (Wildman–Crippen MR) is 66.7 cm³/mol. The fourth-order valence-electron chi connectivity index (χ4n) is 1.84. The van der Waals surface area contributed by atoms with Crippen LogP contribution in [0.3, 0.4) is 0 Å². The van der Waals surface area contributed by atoms with Gasteiger partial charge in [-0.05, 0) is 33.8 Å². The highest BCUT2D eigenvalue weighted by molar-refractivity contribution is 5.10. The highest BCUT2D eigenvalue weighted by atomic mass is 19.1. The van der Waals surface area contributed by atoms with Crippen molar-refractivity contribution in [3.63, 3.8) is 0 Å². The Morgan fingerprint density at radius 2 is 1.88 bits per heavy atom.